The maximum absolute atomic E-state index is 12.0. The van der Waals surface area contributed by atoms with E-state index in [4.69, 9.17) is 5.11 Å². The molecule has 2 rings (SSSR count). The Balaban J connectivity index is 2.00. The Labute approximate surface area is 131 Å². The highest BCUT2D eigenvalue weighted by Gasteiger charge is 2.11. The highest BCUT2D eigenvalue weighted by atomic mass is 32.2. The van der Waals surface area contributed by atoms with Gasteiger partial charge in [0.05, 0.1) is 17.9 Å². The lowest BCUT2D eigenvalue weighted by atomic mass is 10.2. The number of hydrogen-bond acceptors (Lipinski definition) is 6. The van der Waals surface area contributed by atoms with Crippen molar-refractivity contribution in [1.29, 1.82) is 0 Å². The van der Waals surface area contributed by atoms with Crippen LogP contribution in [0.15, 0.2) is 30.6 Å². The zero-order chi connectivity index (χ0) is 17.0. The van der Waals surface area contributed by atoms with Gasteiger partial charge < -0.3 is 10.4 Å². The number of aromatic carboxylic acids is 1. The number of hydrogen-bond donors (Lipinski definition) is 2. The van der Waals surface area contributed by atoms with E-state index in [0.29, 0.717) is 0 Å². The summed E-state index contributed by atoms with van der Waals surface area (Å²) in [6.07, 6.45) is 3.83. The molecule has 2 heterocycles. The van der Waals surface area contributed by atoms with Crippen LogP contribution in [-0.2, 0) is 16.4 Å². The predicted octanol–water partition coefficient (Wildman–Crippen LogP) is 0.273. The first-order valence-electron chi connectivity index (χ1n) is 6.46. The van der Waals surface area contributed by atoms with Crippen LogP contribution in [0.25, 0.3) is 0 Å². The molecule has 0 unspecified atom stereocenters. The standard InChI is InChI=1S/C13H14N4O5S/c1-23(21,22)7-6-17-5-4-11(16-17)15-12(18)9-2-3-10(13(19)20)14-8-9/h2-5,8H,6-7H2,1H3,(H,19,20)(H,15,16,18). The molecule has 2 N–H and O–H groups in total. The number of anilines is 1. The lowest BCUT2D eigenvalue weighted by Crippen LogP contribution is -2.15. The van der Waals surface area contributed by atoms with Crippen LogP contribution in [0.4, 0.5) is 5.82 Å². The third-order valence-electron chi connectivity index (χ3n) is 2.82. The topological polar surface area (TPSA) is 131 Å². The number of carbonyl (C=O) groups is 2. The zero-order valence-electron chi connectivity index (χ0n) is 12.1. The number of carboxylic acid groups (broad SMARTS) is 1. The van der Waals surface area contributed by atoms with Gasteiger partial charge in [0.2, 0.25) is 0 Å². The summed E-state index contributed by atoms with van der Waals surface area (Å²) in [4.78, 5) is 26.3. The van der Waals surface area contributed by atoms with Gasteiger partial charge in [0.15, 0.2) is 5.82 Å². The Morgan fingerprint density at radius 3 is 2.61 bits per heavy atom. The first kappa shape index (κ1) is 16.6. The monoisotopic (exact) mass is 338 g/mol. The van der Waals surface area contributed by atoms with E-state index < -0.39 is 21.7 Å². The second-order valence-electron chi connectivity index (χ2n) is 4.79. The molecule has 9 nitrogen and oxygen atoms in total. The Morgan fingerprint density at radius 2 is 2.04 bits per heavy atom. The van der Waals surface area contributed by atoms with Gasteiger partial charge in [-0.05, 0) is 12.1 Å². The van der Waals surface area contributed by atoms with Gasteiger partial charge in [0.1, 0.15) is 15.5 Å². The SMILES string of the molecule is CS(=O)(=O)CCn1ccc(NC(=O)c2ccc(C(=O)O)nc2)n1. The molecule has 0 saturated carbocycles. The molecule has 10 heteroatoms. The van der Waals surface area contributed by atoms with Crippen molar-refractivity contribution in [1.82, 2.24) is 14.8 Å². The summed E-state index contributed by atoms with van der Waals surface area (Å²) in [5, 5.41) is 15.3. The molecule has 0 bridgehead atoms. The van der Waals surface area contributed by atoms with Crippen LogP contribution in [0.2, 0.25) is 0 Å². The molecule has 1 amide bonds. The third-order valence-corrected chi connectivity index (χ3v) is 3.74. The predicted molar refractivity (Wildman–Crippen MR) is 81.1 cm³/mol. The highest BCUT2D eigenvalue weighted by molar-refractivity contribution is 7.90. The molecule has 23 heavy (non-hydrogen) atoms. The second kappa shape index (κ2) is 6.57. The van der Waals surface area contributed by atoms with Gasteiger partial charge >= 0.3 is 5.97 Å². The molecule has 0 aliphatic rings. The van der Waals surface area contributed by atoms with Crippen LogP contribution in [-0.4, -0.2) is 52.2 Å². The first-order valence-corrected chi connectivity index (χ1v) is 8.52. The van der Waals surface area contributed by atoms with Crippen molar-refractivity contribution < 1.29 is 23.1 Å². The number of aryl methyl sites for hydroxylation is 1. The van der Waals surface area contributed by atoms with Gasteiger partial charge in [-0.1, -0.05) is 0 Å². The highest BCUT2D eigenvalue weighted by Crippen LogP contribution is 2.07. The van der Waals surface area contributed by atoms with Crippen LogP contribution in [0.5, 0.6) is 0 Å². The van der Waals surface area contributed by atoms with Crippen molar-refractivity contribution in [2.75, 3.05) is 17.3 Å². The summed E-state index contributed by atoms with van der Waals surface area (Å²) in [5.74, 6) is -1.47. The Hall–Kier alpha value is -2.75. The van der Waals surface area contributed by atoms with E-state index in [1.165, 1.54) is 22.9 Å². The smallest absolute Gasteiger partial charge is 0.354 e. The van der Waals surface area contributed by atoms with Crippen molar-refractivity contribution in [2.24, 2.45) is 0 Å². The number of aromatic nitrogens is 3. The molecule has 2 aromatic heterocycles. The van der Waals surface area contributed by atoms with Gasteiger partial charge in [-0.25, -0.2) is 18.2 Å². The van der Waals surface area contributed by atoms with E-state index in [9.17, 15) is 18.0 Å². The van der Waals surface area contributed by atoms with Gasteiger partial charge in [-0.15, -0.1) is 0 Å². The summed E-state index contributed by atoms with van der Waals surface area (Å²) >= 11 is 0. The Morgan fingerprint density at radius 1 is 1.30 bits per heavy atom. The van der Waals surface area contributed by atoms with Gasteiger partial charge in [-0.3, -0.25) is 9.48 Å². The number of sulfone groups is 1. The van der Waals surface area contributed by atoms with E-state index in [-0.39, 0.29) is 29.4 Å². The van der Waals surface area contributed by atoms with Crippen LogP contribution in [0.3, 0.4) is 0 Å². The number of amides is 1. The molecular weight excluding hydrogens is 324 g/mol. The molecule has 2 aromatic rings. The lowest BCUT2D eigenvalue weighted by molar-refractivity contribution is 0.0690. The Kier molecular flexibility index (Phi) is 4.74. The van der Waals surface area contributed by atoms with Crippen molar-refractivity contribution in [3.8, 4) is 0 Å². The fourth-order valence-electron chi connectivity index (χ4n) is 1.66. The average molecular weight is 338 g/mol. The summed E-state index contributed by atoms with van der Waals surface area (Å²) in [5.41, 5.74) is 0.0206. The van der Waals surface area contributed by atoms with Crippen LogP contribution in [0.1, 0.15) is 20.8 Å². The largest absolute Gasteiger partial charge is 0.477 e. The third kappa shape index (κ3) is 4.88. The molecule has 0 aromatic carbocycles. The van der Waals surface area contributed by atoms with E-state index >= 15 is 0 Å². The lowest BCUT2D eigenvalue weighted by Gasteiger charge is -2.03. The minimum Gasteiger partial charge on any atom is -0.477 e. The molecule has 0 atom stereocenters. The molecular formula is C13H14N4O5S. The van der Waals surface area contributed by atoms with E-state index in [1.54, 1.807) is 6.20 Å². The van der Waals surface area contributed by atoms with Crippen molar-refractivity contribution in [2.45, 2.75) is 6.54 Å². The van der Waals surface area contributed by atoms with Gasteiger partial charge in [-0.2, -0.15) is 5.10 Å². The second-order valence-corrected chi connectivity index (χ2v) is 7.05. The quantitative estimate of drug-likeness (QED) is 0.773. The number of rotatable bonds is 6. The maximum Gasteiger partial charge on any atom is 0.354 e. The summed E-state index contributed by atoms with van der Waals surface area (Å²) in [6, 6.07) is 4.09. The van der Waals surface area contributed by atoms with E-state index in [0.717, 1.165) is 12.5 Å². The van der Waals surface area contributed by atoms with E-state index in [1.807, 2.05) is 0 Å². The number of nitrogens with zero attached hydrogens (tertiary/aromatic N) is 3. The molecule has 0 aliphatic heterocycles. The van der Waals surface area contributed by atoms with Gasteiger partial charge in [0, 0.05) is 24.7 Å². The molecule has 0 spiro atoms. The first-order chi connectivity index (χ1) is 10.7. The number of pyridine rings is 1. The van der Waals surface area contributed by atoms with E-state index in [2.05, 4.69) is 15.4 Å². The maximum atomic E-state index is 12.0. The summed E-state index contributed by atoms with van der Waals surface area (Å²) < 4.78 is 23.6. The van der Waals surface area contributed by atoms with Crippen molar-refractivity contribution >= 4 is 27.5 Å². The minimum atomic E-state index is -3.09. The fourth-order valence-corrected chi connectivity index (χ4v) is 2.17. The normalized spacial score (nSPS) is 11.2. The summed E-state index contributed by atoms with van der Waals surface area (Å²) in [6.45, 7) is 0.184. The minimum absolute atomic E-state index is 0.0529. The van der Waals surface area contributed by atoms with Crippen LogP contribution >= 0.6 is 0 Å². The Bertz CT molecular complexity index is 826. The van der Waals surface area contributed by atoms with Crippen molar-refractivity contribution in [3.05, 3.63) is 41.9 Å². The zero-order valence-corrected chi connectivity index (χ0v) is 12.9. The van der Waals surface area contributed by atoms with Crippen LogP contribution in [0, 0.1) is 0 Å². The number of nitrogens with one attached hydrogen (secondary N) is 1. The fraction of sp³-hybridized carbons (Fsp3) is 0.231. The summed E-state index contributed by atoms with van der Waals surface area (Å²) in [7, 11) is -3.09. The number of carbonyl (C=O) groups excluding carboxylic acids is 1. The molecule has 0 radical (unpaired) electrons. The van der Waals surface area contributed by atoms with Gasteiger partial charge in [0.25, 0.3) is 5.91 Å². The van der Waals surface area contributed by atoms with Crippen LogP contribution < -0.4 is 5.32 Å². The number of carboxylic acids is 1. The molecule has 0 saturated heterocycles. The molecule has 0 fully saturated rings. The molecule has 0 aliphatic carbocycles. The van der Waals surface area contributed by atoms with Crippen molar-refractivity contribution in [3.63, 3.8) is 0 Å². The average Bonchev–Trinajstić information content (AvgIpc) is 2.92. The molecule has 122 valence electrons.